The van der Waals surface area contributed by atoms with E-state index in [0.717, 1.165) is 12.8 Å². The third kappa shape index (κ3) is 9.84. The second-order valence-corrected chi connectivity index (χ2v) is 8.78. The number of piperidine rings is 1. The van der Waals surface area contributed by atoms with Gasteiger partial charge in [-0.2, -0.15) is 0 Å². The van der Waals surface area contributed by atoms with Crippen molar-refractivity contribution in [3.8, 4) is 0 Å². The molecule has 1 saturated heterocycles. The highest BCUT2D eigenvalue weighted by Crippen LogP contribution is 2.21. The molecule has 0 unspecified atom stereocenters. The van der Waals surface area contributed by atoms with E-state index in [-0.39, 0.29) is 17.8 Å². The maximum absolute atomic E-state index is 13.3. The first kappa shape index (κ1) is 25.4. The van der Waals surface area contributed by atoms with Crippen molar-refractivity contribution in [3.63, 3.8) is 0 Å². The summed E-state index contributed by atoms with van der Waals surface area (Å²) < 4.78 is 18.8. The van der Waals surface area contributed by atoms with E-state index in [0.29, 0.717) is 38.1 Å². The Hall–Kier alpha value is -1.91. The molecule has 1 amide bonds. The Morgan fingerprint density at radius 3 is 2.10 bits per heavy atom. The molecule has 1 aliphatic rings. The standard InChI is InChI=1S/C26H40FNO3/c1-2-3-4-5-6-7-8-9-10-11-12-20-31-26(30)22-16-18-28(19-17-22)25(29)23-14-13-15-24(27)21-23/h13-15,21-22H,2-12,16-20H2,1H3. The fourth-order valence-electron chi connectivity index (χ4n) is 4.18. The van der Waals surface area contributed by atoms with E-state index in [2.05, 4.69) is 6.92 Å². The van der Waals surface area contributed by atoms with Gasteiger partial charge in [0.25, 0.3) is 5.91 Å². The molecule has 0 aromatic heterocycles. The number of unbranched alkanes of at least 4 members (excludes halogenated alkanes) is 10. The van der Waals surface area contributed by atoms with Crippen LogP contribution in [0, 0.1) is 11.7 Å². The summed E-state index contributed by atoms with van der Waals surface area (Å²) >= 11 is 0. The molecule has 31 heavy (non-hydrogen) atoms. The molecule has 0 radical (unpaired) electrons. The number of halogens is 1. The van der Waals surface area contributed by atoms with Crippen molar-refractivity contribution < 1.29 is 18.7 Å². The summed E-state index contributed by atoms with van der Waals surface area (Å²) in [5, 5.41) is 0. The molecule has 0 saturated carbocycles. The smallest absolute Gasteiger partial charge is 0.309 e. The van der Waals surface area contributed by atoms with Gasteiger partial charge in [-0.05, 0) is 37.5 Å². The Morgan fingerprint density at radius 2 is 1.52 bits per heavy atom. The van der Waals surface area contributed by atoms with Gasteiger partial charge in [0.2, 0.25) is 0 Å². The van der Waals surface area contributed by atoms with Gasteiger partial charge in [-0.3, -0.25) is 9.59 Å². The first-order valence-corrected chi connectivity index (χ1v) is 12.3. The summed E-state index contributed by atoms with van der Waals surface area (Å²) in [6.45, 7) is 3.76. The first-order valence-electron chi connectivity index (χ1n) is 12.3. The third-order valence-corrected chi connectivity index (χ3v) is 6.18. The normalized spacial score (nSPS) is 14.6. The zero-order chi connectivity index (χ0) is 22.3. The van der Waals surface area contributed by atoms with Gasteiger partial charge in [0.15, 0.2) is 0 Å². The predicted octanol–water partition coefficient (Wildman–Crippen LogP) is 6.53. The van der Waals surface area contributed by atoms with Crippen LogP contribution in [0.4, 0.5) is 4.39 Å². The topological polar surface area (TPSA) is 46.6 Å². The van der Waals surface area contributed by atoms with Gasteiger partial charge in [0.1, 0.15) is 5.82 Å². The number of rotatable bonds is 14. The highest BCUT2D eigenvalue weighted by atomic mass is 19.1. The molecule has 0 atom stereocenters. The van der Waals surface area contributed by atoms with Crippen molar-refractivity contribution >= 4 is 11.9 Å². The summed E-state index contributed by atoms with van der Waals surface area (Å²) in [4.78, 5) is 26.5. The minimum atomic E-state index is -0.410. The van der Waals surface area contributed by atoms with Crippen LogP contribution in [0.5, 0.6) is 0 Å². The molecule has 1 aromatic rings. The van der Waals surface area contributed by atoms with Crippen LogP contribution in [0.25, 0.3) is 0 Å². The Balaban J connectivity index is 1.49. The predicted molar refractivity (Wildman–Crippen MR) is 122 cm³/mol. The molecule has 1 fully saturated rings. The van der Waals surface area contributed by atoms with Crippen LogP contribution in [0.15, 0.2) is 24.3 Å². The SMILES string of the molecule is CCCCCCCCCCCCCOC(=O)C1CCN(C(=O)c2cccc(F)c2)CC1. The van der Waals surface area contributed by atoms with Crippen molar-refractivity contribution in [2.75, 3.05) is 19.7 Å². The maximum Gasteiger partial charge on any atom is 0.309 e. The van der Waals surface area contributed by atoms with Gasteiger partial charge in [-0.1, -0.05) is 77.2 Å². The zero-order valence-corrected chi connectivity index (χ0v) is 19.3. The van der Waals surface area contributed by atoms with E-state index in [4.69, 9.17) is 4.74 Å². The quantitative estimate of drug-likeness (QED) is 0.247. The molecule has 1 aromatic carbocycles. The lowest BCUT2D eigenvalue weighted by Gasteiger charge is -2.31. The van der Waals surface area contributed by atoms with Gasteiger partial charge < -0.3 is 9.64 Å². The van der Waals surface area contributed by atoms with Crippen LogP contribution in [0.1, 0.15) is 101 Å². The van der Waals surface area contributed by atoms with Gasteiger partial charge in [0, 0.05) is 18.7 Å². The Kier molecular flexibility index (Phi) is 12.3. The minimum absolute atomic E-state index is 0.134. The molecule has 5 heteroatoms. The number of esters is 1. The van der Waals surface area contributed by atoms with Gasteiger partial charge in [-0.15, -0.1) is 0 Å². The second-order valence-electron chi connectivity index (χ2n) is 8.78. The van der Waals surface area contributed by atoms with Gasteiger partial charge in [-0.25, -0.2) is 4.39 Å². The minimum Gasteiger partial charge on any atom is -0.465 e. The lowest BCUT2D eigenvalue weighted by atomic mass is 9.96. The largest absolute Gasteiger partial charge is 0.465 e. The summed E-state index contributed by atoms with van der Waals surface area (Å²) in [6, 6.07) is 5.76. The number of nitrogens with zero attached hydrogens (tertiary/aromatic N) is 1. The molecule has 1 aliphatic heterocycles. The summed E-state index contributed by atoms with van der Waals surface area (Å²) in [5.74, 6) is -0.854. The maximum atomic E-state index is 13.3. The molecule has 2 rings (SSSR count). The number of benzene rings is 1. The van der Waals surface area contributed by atoms with Crippen molar-refractivity contribution in [3.05, 3.63) is 35.6 Å². The van der Waals surface area contributed by atoms with Crippen molar-refractivity contribution in [1.82, 2.24) is 4.90 Å². The number of hydrogen-bond donors (Lipinski definition) is 0. The van der Waals surface area contributed by atoms with Crippen LogP contribution in [-0.4, -0.2) is 36.5 Å². The molecule has 0 bridgehead atoms. The Morgan fingerprint density at radius 1 is 0.935 bits per heavy atom. The average Bonchev–Trinajstić information content (AvgIpc) is 2.79. The van der Waals surface area contributed by atoms with E-state index in [1.165, 1.54) is 69.9 Å². The van der Waals surface area contributed by atoms with Crippen LogP contribution >= 0.6 is 0 Å². The molecule has 0 spiro atoms. The van der Waals surface area contributed by atoms with E-state index in [1.54, 1.807) is 17.0 Å². The monoisotopic (exact) mass is 433 g/mol. The van der Waals surface area contributed by atoms with E-state index in [1.807, 2.05) is 0 Å². The van der Waals surface area contributed by atoms with Crippen LogP contribution < -0.4 is 0 Å². The highest BCUT2D eigenvalue weighted by Gasteiger charge is 2.28. The zero-order valence-electron chi connectivity index (χ0n) is 19.3. The van der Waals surface area contributed by atoms with Gasteiger partial charge >= 0.3 is 5.97 Å². The van der Waals surface area contributed by atoms with Crippen LogP contribution in [0.3, 0.4) is 0 Å². The summed E-state index contributed by atoms with van der Waals surface area (Å²) in [6.07, 6.45) is 15.2. The number of carbonyl (C=O) groups is 2. The van der Waals surface area contributed by atoms with Gasteiger partial charge in [0.05, 0.1) is 12.5 Å². The second kappa shape index (κ2) is 15.0. The Bertz CT molecular complexity index is 656. The molecule has 4 nitrogen and oxygen atoms in total. The third-order valence-electron chi connectivity index (χ3n) is 6.18. The van der Waals surface area contributed by atoms with E-state index in [9.17, 15) is 14.0 Å². The van der Waals surface area contributed by atoms with Crippen molar-refractivity contribution in [2.45, 2.75) is 90.4 Å². The highest BCUT2D eigenvalue weighted by molar-refractivity contribution is 5.94. The number of likely N-dealkylation sites (tertiary alicyclic amines) is 1. The molecule has 174 valence electrons. The first-order chi connectivity index (χ1) is 15.1. The molecule has 0 aliphatic carbocycles. The van der Waals surface area contributed by atoms with Crippen molar-refractivity contribution in [1.29, 1.82) is 0 Å². The van der Waals surface area contributed by atoms with Crippen molar-refractivity contribution in [2.24, 2.45) is 5.92 Å². The van der Waals surface area contributed by atoms with Crippen LogP contribution in [0.2, 0.25) is 0 Å². The van der Waals surface area contributed by atoms with Crippen LogP contribution in [-0.2, 0) is 9.53 Å². The van der Waals surface area contributed by atoms with E-state index < -0.39 is 5.82 Å². The fraction of sp³-hybridized carbons (Fsp3) is 0.692. The number of carbonyl (C=O) groups excluding carboxylic acids is 2. The summed E-state index contributed by atoms with van der Waals surface area (Å²) in [5.41, 5.74) is 0.359. The molecule has 1 heterocycles. The molecular weight excluding hydrogens is 393 g/mol. The Labute approximate surface area is 187 Å². The lowest BCUT2D eigenvalue weighted by Crippen LogP contribution is -2.40. The fourth-order valence-corrected chi connectivity index (χ4v) is 4.18. The average molecular weight is 434 g/mol. The molecular formula is C26H40FNO3. The summed E-state index contributed by atoms with van der Waals surface area (Å²) in [7, 11) is 0. The van der Waals surface area contributed by atoms with E-state index >= 15 is 0 Å². The number of amides is 1. The lowest BCUT2D eigenvalue weighted by molar-refractivity contribution is -0.150. The number of ether oxygens (including phenoxy) is 1. The molecule has 0 N–H and O–H groups in total. The number of hydrogen-bond acceptors (Lipinski definition) is 3.